The van der Waals surface area contributed by atoms with E-state index in [0.717, 1.165) is 0 Å². The smallest absolute Gasteiger partial charge is 0.205 e. The van der Waals surface area contributed by atoms with Crippen LogP contribution >= 0.6 is 23.2 Å². The van der Waals surface area contributed by atoms with E-state index < -0.39 is 5.82 Å². The van der Waals surface area contributed by atoms with Gasteiger partial charge in [0.15, 0.2) is 11.6 Å². The maximum absolute atomic E-state index is 13.9. The molecule has 2 aromatic carbocycles. The summed E-state index contributed by atoms with van der Waals surface area (Å²) >= 11 is 12.0. The molecule has 0 fully saturated rings. The summed E-state index contributed by atoms with van der Waals surface area (Å²) in [5.41, 5.74) is 7.66. The van der Waals surface area contributed by atoms with Crippen molar-refractivity contribution in [3.63, 3.8) is 0 Å². The lowest BCUT2D eigenvalue weighted by atomic mass is 10.2. The highest BCUT2D eigenvalue weighted by atomic mass is 35.5. The van der Waals surface area contributed by atoms with E-state index >= 15 is 0 Å². The molecule has 0 saturated heterocycles. The first kappa shape index (κ1) is 14.0. The average molecular weight is 326 g/mol. The molecule has 0 aliphatic heterocycles. The second-order valence-electron chi connectivity index (χ2n) is 4.38. The van der Waals surface area contributed by atoms with Crippen LogP contribution in [0.15, 0.2) is 30.3 Å². The van der Waals surface area contributed by atoms with Crippen molar-refractivity contribution in [1.29, 1.82) is 0 Å². The van der Waals surface area contributed by atoms with Crippen LogP contribution in [0.3, 0.4) is 0 Å². The maximum Gasteiger partial charge on any atom is 0.205 e. The summed E-state index contributed by atoms with van der Waals surface area (Å²) in [5.74, 6) is -0.118. The number of methoxy groups -OCH3 is 1. The Morgan fingerprint density at radius 2 is 1.90 bits per heavy atom. The number of nitrogen functional groups attached to an aromatic ring is 1. The minimum atomic E-state index is -0.490. The van der Waals surface area contributed by atoms with E-state index in [1.54, 1.807) is 22.8 Å². The SMILES string of the molecule is COc1ccc(-n2c(N)nc3cc(Cl)c(Cl)cc32)cc1F. The molecule has 3 aromatic rings. The Kier molecular flexibility index (Phi) is 3.39. The predicted octanol–water partition coefficient (Wildman–Crippen LogP) is 4.06. The fourth-order valence-electron chi connectivity index (χ4n) is 2.16. The van der Waals surface area contributed by atoms with Crippen molar-refractivity contribution < 1.29 is 9.13 Å². The quantitative estimate of drug-likeness (QED) is 0.772. The summed E-state index contributed by atoms with van der Waals surface area (Å²) in [6.45, 7) is 0. The van der Waals surface area contributed by atoms with Gasteiger partial charge >= 0.3 is 0 Å². The van der Waals surface area contributed by atoms with Gasteiger partial charge in [-0.15, -0.1) is 0 Å². The van der Waals surface area contributed by atoms with Gasteiger partial charge in [-0.2, -0.15) is 0 Å². The van der Waals surface area contributed by atoms with Crippen molar-refractivity contribution in [3.8, 4) is 11.4 Å². The Hall–Kier alpha value is -1.98. The zero-order chi connectivity index (χ0) is 15.1. The number of imidazole rings is 1. The Bertz CT molecular complexity index is 848. The van der Waals surface area contributed by atoms with Crippen LogP contribution in [0.5, 0.6) is 5.75 Å². The summed E-state index contributed by atoms with van der Waals surface area (Å²) in [5, 5.41) is 0.758. The number of aromatic nitrogens is 2. The predicted molar refractivity (Wildman–Crippen MR) is 82.0 cm³/mol. The Morgan fingerprint density at radius 3 is 2.57 bits per heavy atom. The third-order valence-electron chi connectivity index (χ3n) is 3.12. The molecule has 1 aromatic heterocycles. The second-order valence-corrected chi connectivity index (χ2v) is 5.19. The molecule has 0 spiro atoms. The summed E-state index contributed by atoms with van der Waals surface area (Å²) in [4.78, 5) is 4.21. The van der Waals surface area contributed by atoms with E-state index in [1.165, 1.54) is 19.2 Å². The first-order valence-electron chi connectivity index (χ1n) is 5.98. The average Bonchev–Trinajstić information content (AvgIpc) is 2.74. The number of hydrogen-bond donors (Lipinski definition) is 1. The molecule has 1 heterocycles. The minimum absolute atomic E-state index is 0.155. The molecule has 108 valence electrons. The summed E-state index contributed by atoms with van der Waals surface area (Å²) < 4.78 is 20.4. The normalized spacial score (nSPS) is 11.0. The molecule has 0 aliphatic carbocycles. The molecule has 21 heavy (non-hydrogen) atoms. The number of fused-ring (bicyclic) bond motifs is 1. The van der Waals surface area contributed by atoms with Gasteiger partial charge in [0, 0.05) is 6.07 Å². The van der Waals surface area contributed by atoms with Gasteiger partial charge in [-0.05, 0) is 24.3 Å². The summed E-state index contributed by atoms with van der Waals surface area (Å²) in [6.07, 6.45) is 0. The minimum Gasteiger partial charge on any atom is -0.494 e. The van der Waals surface area contributed by atoms with Crippen molar-refractivity contribution in [2.24, 2.45) is 0 Å². The Balaban J connectivity index is 2.27. The number of anilines is 1. The molecular formula is C14H10Cl2FN3O. The molecule has 0 atom stereocenters. The number of hydrogen-bond acceptors (Lipinski definition) is 3. The van der Waals surface area contributed by atoms with E-state index in [0.29, 0.717) is 26.8 Å². The van der Waals surface area contributed by atoms with Crippen LogP contribution in [-0.2, 0) is 0 Å². The van der Waals surface area contributed by atoms with Crippen LogP contribution < -0.4 is 10.5 Å². The summed E-state index contributed by atoms with van der Waals surface area (Å²) in [7, 11) is 1.40. The number of nitrogens with zero attached hydrogens (tertiary/aromatic N) is 2. The zero-order valence-corrected chi connectivity index (χ0v) is 12.4. The molecule has 2 N–H and O–H groups in total. The van der Waals surface area contributed by atoms with Gasteiger partial charge in [0.1, 0.15) is 0 Å². The van der Waals surface area contributed by atoms with Crippen molar-refractivity contribution in [3.05, 3.63) is 46.2 Å². The first-order chi connectivity index (χ1) is 10.0. The van der Waals surface area contributed by atoms with Crippen molar-refractivity contribution in [2.75, 3.05) is 12.8 Å². The Morgan fingerprint density at radius 1 is 1.19 bits per heavy atom. The molecule has 7 heteroatoms. The van der Waals surface area contributed by atoms with E-state index in [2.05, 4.69) is 4.98 Å². The number of benzene rings is 2. The highest BCUT2D eigenvalue weighted by Crippen LogP contribution is 2.31. The fourth-order valence-corrected chi connectivity index (χ4v) is 2.47. The number of nitrogens with two attached hydrogens (primary N) is 1. The molecule has 0 saturated carbocycles. The van der Waals surface area contributed by atoms with Crippen LogP contribution in [0.2, 0.25) is 10.0 Å². The van der Waals surface area contributed by atoms with E-state index in [-0.39, 0.29) is 11.7 Å². The molecular weight excluding hydrogens is 316 g/mol. The van der Waals surface area contributed by atoms with E-state index in [4.69, 9.17) is 33.7 Å². The van der Waals surface area contributed by atoms with Gasteiger partial charge in [-0.1, -0.05) is 23.2 Å². The number of rotatable bonds is 2. The van der Waals surface area contributed by atoms with Crippen LogP contribution in [-0.4, -0.2) is 16.7 Å². The monoisotopic (exact) mass is 325 g/mol. The van der Waals surface area contributed by atoms with Gasteiger partial charge in [-0.25, -0.2) is 9.37 Å². The molecule has 3 rings (SSSR count). The highest BCUT2D eigenvalue weighted by Gasteiger charge is 2.14. The van der Waals surface area contributed by atoms with Crippen LogP contribution in [0.1, 0.15) is 0 Å². The van der Waals surface area contributed by atoms with Crippen molar-refractivity contribution >= 4 is 40.2 Å². The lowest BCUT2D eigenvalue weighted by Crippen LogP contribution is -2.01. The van der Waals surface area contributed by atoms with Crippen molar-refractivity contribution in [2.45, 2.75) is 0 Å². The number of halogens is 3. The topological polar surface area (TPSA) is 53.1 Å². The van der Waals surface area contributed by atoms with Crippen molar-refractivity contribution in [1.82, 2.24) is 9.55 Å². The van der Waals surface area contributed by atoms with Crippen LogP contribution in [0.4, 0.5) is 10.3 Å². The van der Waals surface area contributed by atoms with Gasteiger partial charge in [-0.3, -0.25) is 4.57 Å². The fraction of sp³-hybridized carbons (Fsp3) is 0.0714. The molecule has 0 amide bonds. The molecule has 0 bridgehead atoms. The maximum atomic E-state index is 13.9. The zero-order valence-electron chi connectivity index (χ0n) is 10.9. The highest BCUT2D eigenvalue weighted by molar-refractivity contribution is 6.42. The van der Waals surface area contributed by atoms with Crippen LogP contribution in [0.25, 0.3) is 16.7 Å². The lowest BCUT2D eigenvalue weighted by Gasteiger charge is -2.09. The van der Waals surface area contributed by atoms with E-state index in [9.17, 15) is 4.39 Å². The van der Waals surface area contributed by atoms with Crippen LogP contribution in [0, 0.1) is 5.82 Å². The third-order valence-corrected chi connectivity index (χ3v) is 3.84. The standard InChI is InChI=1S/C14H10Cl2FN3O/c1-21-13-3-2-7(4-10(13)17)20-12-6-9(16)8(15)5-11(12)19-14(20)18/h2-6H,1H3,(H2,18,19). The van der Waals surface area contributed by atoms with Gasteiger partial charge in [0.2, 0.25) is 5.95 Å². The molecule has 0 aliphatic rings. The van der Waals surface area contributed by atoms with E-state index in [1.807, 2.05) is 0 Å². The Labute approximate surface area is 129 Å². The third kappa shape index (κ3) is 2.28. The molecule has 4 nitrogen and oxygen atoms in total. The van der Waals surface area contributed by atoms with Gasteiger partial charge < -0.3 is 10.5 Å². The van der Waals surface area contributed by atoms with Gasteiger partial charge in [0.05, 0.1) is 33.9 Å². The largest absolute Gasteiger partial charge is 0.494 e. The molecule has 0 unspecified atom stereocenters. The van der Waals surface area contributed by atoms with Gasteiger partial charge in [0.25, 0.3) is 0 Å². The summed E-state index contributed by atoms with van der Waals surface area (Å²) in [6, 6.07) is 7.78. The second kappa shape index (κ2) is 5.09. The molecule has 0 radical (unpaired) electrons. The lowest BCUT2D eigenvalue weighted by molar-refractivity contribution is 0.386. The first-order valence-corrected chi connectivity index (χ1v) is 6.73. The number of ether oxygens (including phenoxy) is 1.